The molecule has 0 atom stereocenters. The van der Waals surface area contributed by atoms with Gasteiger partial charge in [-0.25, -0.2) is 4.98 Å². The summed E-state index contributed by atoms with van der Waals surface area (Å²) in [6, 6.07) is 17.8. The van der Waals surface area contributed by atoms with E-state index in [-0.39, 0.29) is 0 Å². The Bertz CT molecular complexity index is 756. The lowest BCUT2D eigenvalue weighted by atomic mass is 10.2. The van der Waals surface area contributed by atoms with Crippen LogP contribution in [0, 0.1) is 0 Å². The van der Waals surface area contributed by atoms with E-state index < -0.39 is 0 Å². The van der Waals surface area contributed by atoms with Gasteiger partial charge in [0.1, 0.15) is 0 Å². The fourth-order valence-corrected chi connectivity index (χ4v) is 2.70. The highest BCUT2D eigenvalue weighted by atomic mass is 32.2. The van der Waals surface area contributed by atoms with Crippen LogP contribution in [0.2, 0.25) is 0 Å². The van der Waals surface area contributed by atoms with Crippen molar-refractivity contribution in [2.24, 2.45) is 5.73 Å². The molecule has 0 radical (unpaired) electrons. The van der Waals surface area contributed by atoms with Crippen molar-refractivity contribution in [1.29, 1.82) is 0 Å². The number of aromatic nitrogens is 1. The lowest BCUT2D eigenvalue weighted by Crippen LogP contribution is -2.00. The first-order valence-corrected chi connectivity index (χ1v) is 7.45. The molecule has 1 aromatic heterocycles. The molecular formula is C16H16N4S. The van der Waals surface area contributed by atoms with Crippen molar-refractivity contribution in [2.45, 2.75) is 11.4 Å². The largest absolute Gasteiger partial charge is 0.399 e. The Kier molecular flexibility index (Phi) is 3.94. The van der Waals surface area contributed by atoms with Gasteiger partial charge in [0.25, 0.3) is 0 Å². The molecule has 5 N–H and O–H groups in total. The molecule has 1 heterocycles. The number of nitrogens with zero attached hydrogens (tertiary/aromatic N) is 1. The number of nitrogen functional groups attached to an aromatic ring is 1. The lowest BCUT2D eigenvalue weighted by Gasteiger charge is -2.09. The minimum Gasteiger partial charge on any atom is -0.399 e. The summed E-state index contributed by atoms with van der Waals surface area (Å²) in [7, 11) is 0. The van der Waals surface area contributed by atoms with Gasteiger partial charge in [-0.05, 0) is 48.3 Å². The minimum atomic E-state index is 0.440. The Morgan fingerprint density at radius 1 is 1.00 bits per heavy atom. The van der Waals surface area contributed by atoms with Crippen LogP contribution in [0.5, 0.6) is 0 Å². The number of para-hydroxylation sites is 1. The summed E-state index contributed by atoms with van der Waals surface area (Å²) in [6.07, 6.45) is 0. The minimum absolute atomic E-state index is 0.440. The molecule has 0 aliphatic carbocycles. The van der Waals surface area contributed by atoms with E-state index in [4.69, 9.17) is 11.5 Å². The summed E-state index contributed by atoms with van der Waals surface area (Å²) in [5.41, 5.74) is 14.9. The Balaban J connectivity index is 1.87. The van der Waals surface area contributed by atoms with E-state index in [0.29, 0.717) is 6.54 Å². The zero-order valence-electron chi connectivity index (χ0n) is 11.4. The molecule has 0 aliphatic rings. The van der Waals surface area contributed by atoms with Gasteiger partial charge in [0.05, 0.1) is 16.9 Å². The predicted octanol–water partition coefficient (Wildman–Crippen LogP) is 3.39. The molecule has 4 nitrogen and oxygen atoms in total. The molecule has 0 saturated heterocycles. The second kappa shape index (κ2) is 6.03. The summed E-state index contributed by atoms with van der Waals surface area (Å²) < 4.78 is 3.35. The molecule has 5 heteroatoms. The van der Waals surface area contributed by atoms with Gasteiger partial charge in [0, 0.05) is 22.5 Å². The van der Waals surface area contributed by atoms with E-state index in [0.717, 1.165) is 32.9 Å². The zero-order valence-corrected chi connectivity index (χ0v) is 12.2. The highest BCUT2D eigenvalue weighted by Gasteiger charge is 2.04. The van der Waals surface area contributed by atoms with Crippen LogP contribution >= 0.6 is 11.9 Å². The summed E-state index contributed by atoms with van der Waals surface area (Å²) in [5.74, 6) is 0. The van der Waals surface area contributed by atoms with Crippen molar-refractivity contribution < 1.29 is 0 Å². The average molecular weight is 296 g/mol. The second-order valence-electron chi connectivity index (χ2n) is 4.66. The Morgan fingerprint density at radius 3 is 2.57 bits per heavy atom. The third-order valence-corrected chi connectivity index (χ3v) is 3.98. The van der Waals surface area contributed by atoms with Crippen LogP contribution in [0.4, 0.5) is 11.4 Å². The van der Waals surface area contributed by atoms with Gasteiger partial charge in [-0.15, -0.1) is 0 Å². The number of fused-ring (bicyclic) bond motifs is 1. The van der Waals surface area contributed by atoms with Gasteiger partial charge in [-0.1, -0.05) is 18.2 Å². The molecule has 3 rings (SSSR count). The predicted molar refractivity (Wildman–Crippen MR) is 90.0 cm³/mol. The Hall–Kier alpha value is -2.24. The smallest absolute Gasteiger partial charge is 0.0945 e. The van der Waals surface area contributed by atoms with Crippen molar-refractivity contribution in [2.75, 3.05) is 10.5 Å². The first-order chi connectivity index (χ1) is 10.3. The van der Waals surface area contributed by atoms with Gasteiger partial charge in [-0.3, -0.25) is 0 Å². The first kappa shape index (κ1) is 13.7. The maximum absolute atomic E-state index is 5.69. The van der Waals surface area contributed by atoms with Crippen LogP contribution in [0.15, 0.2) is 59.5 Å². The number of anilines is 2. The third kappa shape index (κ3) is 3.09. The third-order valence-electron chi connectivity index (χ3n) is 3.15. The van der Waals surface area contributed by atoms with E-state index in [1.165, 1.54) is 11.9 Å². The highest BCUT2D eigenvalue weighted by Crippen LogP contribution is 2.27. The van der Waals surface area contributed by atoms with Gasteiger partial charge in [0.2, 0.25) is 0 Å². The normalized spacial score (nSPS) is 10.7. The van der Waals surface area contributed by atoms with Gasteiger partial charge >= 0.3 is 0 Å². The van der Waals surface area contributed by atoms with Crippen molar-refractivity contribution in [3.05, 3.63) is 60.3 Å². The number of pyridine rings is 1. The number of rotatable bonds is 4. The molecular weight excluding hydrogens is 280 g/mol. The van der Waals surface area contributed by atoms with E-state index in [1.807, 2.05) is 54.6 Å². The Labute approximate surface area is 127 Å². The molecule has 0 unspecified atom stereocenters. The number of hydrogen-bond acceptors (Lipinski definition) is 5. The fourth-order valence-electron chi connectivity index (χ4n) is 2.03. The molecule has 0 amide bonds. The second-order valence-corrected chi connectivity index (χ2v) is 5.54. The van der Waals surface area contributed by atoms with E-state index >= 15 is 0 Å². The number of nitrogens with two attached hydrogens (primary N) is 2. The van der Waals surface area contributed by atoms with Crippen LogP contribution in [0.1, 0.15) is 5.69 Å². The maximum atomic E-state index is 5.69. The average Bonchev–Trinajstić information content (AvgIpc) is 2.54. The molecule has 2 aromatic carbocycles. The fraction of sp³-hybridized carbons (Fsp3) is 0.0625. The number of hydrogen-bond donors (Lipinski definition) is 3. The summed E-state index contributed by atoms with van der Waals surface area (Å²) >= 11 is 1.53. The van der Waals surface area contributed by atoms with E-state index in [1.54, 1.807) is 0 Å². The van der Waals surface area contributed by atoms with Crippen LogP contribution in [0.3, 0.4) is 0 Å². The first-order valence-electron chi connectivity index (χ1n) is 6.63. The van der Waals surface area contributed by atoms with Gasteiger partial charge < -0.3 is 16.2 Å². The molecule has 3 aromatic rings. The number of nitrogens with one attached hydrogen (secondary N) is 1. The van der Waals surface area contributed by atoms with Crippen LogP contribution in [-0.4, -0.2) is 4.98 Å². The molecule has 0 spiro atoms. The van der Waals surface area contributed by atoms with Crippen molar-refractivity contribution in [3.63, 3.8) is 0 Å². The zero-order chi connectivity index (χ0) is 14.7. The maximum Gasteiger partial charge on any atom is 0.0945 e. The van der Waals surface area contributed by atoms with Crippen LogP contribution in [-0.2, 0) is 6.54 Å². The molecule has 0 aliphatic heterocycles. The van der Waals surface area contributed by atoms with Crippen molar-refractivity contribution in [1.82, 2.24) is 4.98 Å². The quantitative estimate of drug-likeness (QED) is 0.508. The van der Waals surface area contributed by atoms with Gasteiger partial charge in [-0.2, -0.15) is 0 Å². The van der Waals surface area contributed by atoms with E-state index in [2.05, 4.69) is 9.71 Å². The SMILES string of the molecule is NCc1ccc2cccc(NSc3ccc(N)cc3)c2n1. The molecule has 21 heavy (non-hydrogen) atoms. The lowest BCUT2D eigenvalue weighted by molar-refractivity contribution is 1.01. The number of benzene rings is 2. The topological polar surface area (TPSA) is 77.0 Å². The molecule has 0 bridgehead atoms. The summed E-state index contributed by atoms with van der Waals surface area (Å²) in [6.45, 7) is 0.440. The standard InChI is InChI=1S/C16H16N4S/c17-10-13-7-4-11-2-1-3-15(16(11)19-13)20-21-14-8-5-12(18)6-9-14/h1-9,20H,10,17-18H2. The monoisotopic (exact) mass is 296 g/mol. The van der Waals surface area contributed by atoms with Crippen LogP contribution < -0.4 is 16.2 Å². The van der Waals surface area contributed by atoms with Gasteiger partial charge in [0.15, 0.2) is 0 Å². The van der Waals surface area contributed by atoms with E-state index in [9.17, 15) is 0 Å². The van der Waals surface area contributed by atoms with Crippen molar-refractivity contribution in [3.8, 4) is 0 Å². The Morgan fingerprint density at radius 2 is 1.81 bits per heavy atom. The highest BCUT2D eigenvalue weighted by molar-refractivity contribution is 8.00. The molecule has 106 valence electrons. The summed E-state index contributed by atoms with van der Waals surface area (Å²) in [4.78, 5) is 5.69. The van der Waals surface area contributed by atoms with Crippen LogP contribution in [0.25, 0.3) is 10.9 Å². The van der Waals surface area contributed by atoms with Crippen molar-refractivity contribution >= 4 is 34.2 Å². The molecule has 0 saturated carbocycles. The summed E-state index contributed by atoms with van der Waals surface area (Å²) in [5, 5.41) is 1.09. The molecule has 0 fully saturated rings.